The Labute approximate surface area is 115 Å². The van der Waals surface area contributed by atoms with Crippen LogP contribution in [-0.4, -0.2) is 43.7 Å². The van der Waals surface area contributed by atoms with Gasteiger partial charge in [-0.2, -0.15) is 4.98 Å². The van der Waals surface area contributed by atoms with Crippen LogP contribution in [0.3, 0.4) is 0 Å². The second kappa shape index (κ2) is 5.65. The molecule has 0 amide bonds. The van der Waals surface area contributed by atoms with Crippen LogP contribution in [0.15, 0.2) is 12.1 Å². The van der Waals surface area contributed by atoms with E-state index in [4.69, 9.17) is 10.5 Å². The van der Waals surface area contributed by atoms with Gasteiger partial charge in [0.1, 0.15) is 5.82 Å². The molecule has 2 heterocycles. The van der Waals surface area contributed by atoms with Crippen LogP contribution >= 0.6 is 0 Å². The van der Waals surface area contributed by atoms with Crippen molar-refractivity contribution in [3.63, 3.8) is 0 Å². The summed E-state index contributed by atoms with van der Waals surface area (Å²) in [5.74, 6) is 1.31. The molecule has 0 radical (unpaired) electrons. The maximum Gasteiger partial charge on any atom is 0.238 e. The lowest BCUT2D eigenvalue weighted by Gasteiger charge is -2.38. The van der Waals surface area contributed by atoms with Crippen molar-refractivity contribution in [2.45, 2.75) is 19.8 Å². The van der Waals surface area contributed by atoms with Crippen LogP contribution in [0.4, 0.5) is 11.5 Å². The van der Waals surface area contributed by atoms with E-state index in [0.717, 1.165) is 25.5 Å². The van der Waals surface area contributed by atoms with Crippen molar-refractivity contribution < 1.29 is 4.74 Å². The standard InChI is InChI=1S/C14H24N4O/c1-14(6-8-18(2)9-7-14)10-16-12-5-4-11(15)13(17-12)19-3/h4-5H,6-10,15H2,1-3H3,(H,16,17). The minimum Gasteiger partial charge on any atom is -0.479 e. The van der Waals surface area contributed by atoms with Gasteiger partial charge >= 0.3 is 0 Å². The van der Waals surface area contributed by atoms with Gasteiger partial charge in [0.25, 0.3) is 0 Å². The van der Waals surface area contributed by atoms with E-state index in [0.29, 0.717) is 17.0 Å². The summed E-state index contributed by atoms with van der Waals surface area (Å²) in [7, 11) is 3.76. The topological polar surface area (TPSA) is 63.4 Å². The van der Waals surface area contributed by atoms with E-state index in [1.54, 1.807) is 7.11 Å². The molecule has 2 rings (SSSR count). The van der Waals surface area contributed by atoms with Crippen molar-refractivity contribution in [3.05, 3.63) is 12.1 Å². The predicted octanol–water partition coefficient (Wildman–Crippen LogP) is 1.82. The van der Waals surface area contributed by atoms with E-state index in [1.807, 2.05) is 12.1 Å². The van der Waals surface area contributed by atoms with Gasteiger partial charge in [0.05, 0.1) is 12.8 Å². The largest absolute Gasteiger partial charge is 0.479 e. The van der Waals surface area contributed by atoms with Crippen LogP contribution < -0.4 is 15.8 Å². The minimum absolute atomic E-state index is 0.336. The summed E-state index contributed by atoms with van der Waals surface area (Å²) in [4.78, 5) is 6.73. The van der Waals surface area contributed by atoms with Crippen molar-refractivity contribution in [2.75, 3.05) is 44.8 Å². The van der Waals surface area contributed by atoms with E-state index < -0.39 is 0 Å². The highest BCUT2D eigenvalue weighted by Gasteiger charge is 2.28. The van der Waals surface area contributed by atoms with Crippen molar-refractivity contribution in [3.8, 4) is 5.88 Å². The molecule has 106 valence electrons. The summed E-state index contributed by atoms with van der Waals surface area (Å²) in [6, 6.07) is 3.72. The smallest absolute Gasteiger partial charge is 0.238 e. The molecule has 0 spiro atoms. The number of rotatable bonds is 4. The average Bonchev–Trinajstić information content (AvgIpc) is 2.42. The number of pyridine rings is 1. The fraction of sp³-hybridized carbons (Fsp3) is 0.643. The molecule has 1 aliphatic heterocycles. The zero-order valence-corrected chi connectivity index (χ0v) is 12.1. The molecule has 1 fully saturated rings. The van der Waals surface area contributed by atoms with E-state index in [-0.39, 0.29) is 0 Å². The Hall–Kier alpha value is -1.49. The van der Waals surface area contributed by atoms with Gasteiger partial charge in [-0.3, -0.25) is 0 Å². The van der Waals surface area contributed by atoms with Crippen molar-refractivity contribution in [1.29, 1.82) is 0 Å². The first-order valence-electron chi connectivity index (χ1n) is 6.75. The number of methoxy groups -OCH3 is 1. The molecule has 0 atom stereocenters. The molecular formula is C14H24N4O. The third-order valence-electron chi connectivity index (χ3n) is 3.97. The molecule has 0 saturated carbocycles. The summed E-state index contributed by atoms with van der Waals surface area (Å²) in [6.45, 7) is 5.59. The van der Waals surface area contributed by atoms with Crippen molar-refractivity contribution >= 4 is 11.5 Å². The third kappa shape index (κ3) is 3.50. The van der Waals surface area contributed by atoms with Crippen molar-refractivity contribution in [2.24, 2.45) is 5.41 Å². The maximum atomic E-state index is 5.76. The highest BCUT2D eigenvalue weighted by atomic mass is 16.5. The Kier molecular flexibility index (Phi) is 4.14. The van der Waals surface area contributed by atoms with Gasteiger partial charge in [-0.05, 0) is 50.5 Å². The molecule has 0 aliphatic carbocycles. The summed E-state index contributed by atoms with van der Waals surface area (Å²) in [5, 5.41) is 3.41. The number of anilines is 2. The summed E-state index contributed by atoms with van der Waals surface area (Å²) >= 11 is 0. The highest BCUT2D eigenvalue weighted by Crippen LogP contribution is 2.30. The molecule has 0 aromatic carbocycles. The van der Waals surface area contributed by atoms with Crippen LogP contribution in [0, 0.1) is 5.41 Å². The van der Waals surface area contributed by atoms with Crippen LogP contribution in [0.1, 0.15) is 19.8 Å². The second-order valence-electron chi connectivity index (χ2n) is 5.76. The lowest BCUT2D eigenvalue weighted by atomic mass is 9.80. The van der Waals surface area contributed by atoms with Crippen LogP contribution in [-0.2, 0) is 0 Å². The summed E-state index contributed by atoms with van der Waals surface area (Å²) in [6.07, 6.45) is 2.42. The number of likely N-dealkylation sites (tertiary alicyclic amines) is 1. The number of nitrogens with two attached hydrogens (primary N) is 1. The van der Waals surface area contributed by atoms with Gasteiger partial charge in [-0.1, -0.05) is 6.92 Å². The van der Waals surface area contributed by atoms with Gasteiger partial charge in [-0.25, -0.2) is 0 Å². The Morgan fingerprint density at radius 3 is 2.74 bits per heavy atom. The predicted molar refractivity (Wildman–Crippen MR) is 78.5 cm³/mol. The van der Waals surface area contributed by atoms with Crippen LogP contribution in [0.5, 0.6) is 5.88 Å². The van der Waals surface area contributed by atoms with E-state index in [9.17, 15) is 0 Å². The van der Waals surface area contributed by atoms with E-state index >= 15 is 0 Å². The average molecular weight is 264 g/mol. The first-order chi connectivity index (χ1) is 9.02. The first-order valence-corrected chi connectivity index (χ1v) is 6.75. The Bertz CT molecular complexity index is 427. The summed E-state index contributed by atoms with van der Waals surface area (Å²) in [5.41, 5.74) is 6.66. The van der Waals surface area contributed by atoms with Gasteiger partial charge in [-0.15, -0.1) is 0 Å². The van der Waals surface area contributed by atoms with Crippen LogP contribution in [0.25, 0.3) is 0 Å². The van der Waals surface area contributed by atoms with Gasteiger partial charge in [0, 0.05) is 6.54 Å². The van der Waals surface area contributed by atoms with Gasteiger partial charge in [0.2, 0.25) is 5.88 Å². The number of nitrogens with zero attached hydrogens (tertiary/aromatic N) is 2. The fourth-order valence-corrected chi connectivity index (χ4v) is 2.35. The number of hydrogen-bond donors (Lipinski definition) is 2. The molecule has 3 N–H and O–H groups in total. The van der Waals surface area contributed by atoms with E-state index in [1.165, 1.54) is 12.8 Å². The molecular weight excluding hydrogens is 240 g/mol. The Balaban J connectivity index is 1.95. The number of aromatic nitrogens is 1. The second-order valence-corrected chi connectivity index (χ2v) is 5.76. The molecule has 19 heavy (non-hydrogen) atoms. The molecule has 0 bridgehead atoms. The van der Waals surface area contributed by atoms with Crippen LogP contribution in [0.2, 0.25) is 0 Å². The zero-order valence-electron chi connectivity index (χ0n) is 12.1. The quantitative estimate of drug-likeness (QED) is 0.868. The highest BCUT2D eigenvalue weighted by molar-refractivity contribution is 5.53. The third-order valence-corrected chi connectivity index (χ3v) is 3.97. The number of hydrogen-bond acceptors (Lipinski definition) is 5. The van der Waals surface area contributed by atoms with Gasteiger partial charge < -0.3 is 20.7 Å². The number of ether oxygens (including phenoxy) is 1. The van der Waals surface area contributed by atoms with Gasteiger partial charge in [0.15, 0.2) is 0 Å². The van der Waals surface area contributed by atoms with Crippen molar-refractivity contribution in [1.82, 2.24) is 9.88 Å². The molecule has 1 saturated heterocycles. The molecule has 1 aromatic rings. The monoisotopic (exact) mass is 264 g/mol. The Morgan fingerprint density at radius 1 is 1.42 bits per heavy atom. The fourth-order valence-electron chi connectivity index (χ4n) is 2.35. The Morgan fingerprint density at radius 2 is 2.11 bits per heavy atom. The molecule has 0 unspecified atom stereocenters. The summed E-state index contributed by atoms with van der Waals surface area (Å²) < 4.78 is 5.13. The molecule has 5 nitrogen and oxygen atoms in total. The number of nitrogen functional groups attached to an aromatic ring is 1. The normalized spacial score (nSPS) is 19.1. The molecule has 1 aromatic heterocycles. The first kappa shape index (κ1) is 13.9. The number of nitrogens with one attached hydrogen (secondary N) is 1. The molecule has 1 aliphatic rings. The lowest BCUT2D eigenvalue weighted by Crippen LogP contribution is -2.40. The SMILES string of the molecule is COc1nc(NCC2(C)CCN(C)CC2)ccc1N. The number of piperidine rings is 1. The molecule has 5 heteroatoms. The zero-order chi connectivity index (χ0) is 13.9. The minimum atomic E-state index is 0.336. The maximum absolute atomic E-state index is 5.76. The van der Waals surface area contributed by atoms with E-state index in [2.05, 4.69) is 29.2 Å². The lowest BCUT2D eigenvalue weighted by molar-refractivity contribution is 0.150.